The Morgan fingerprint density at radius 3 is 2.21 bits per heavy atom. The Kier molecular flexibility index (Phi) is 8.03. The monoisotopic (exact) mass is 634 g/mol. The maximum atomic E-state index is 13.3. The van der Waals surface area contributed by atoms with Crippen molar-refractivity contribution < 1.29 is 19.1 Å². The number of ether oxygens (including phenoxy) is 2. The van der Waals surface area contributed by atoms with Crippen LogP contribution < -0.4 is 25.4 Å². The lowest BCUT2D eigenvalue weighted by atomic mass is 9.86. The number of urea groups is 2. The van der Waals surface area contributed by atoms with Crippen LogP contribution in [0.1, 0.15) is 63.3 Å². The average Bonchev–Trinajstić information content (AvgIpc) is 3.74. The van der Waals surface area contributed by atoms with E-state index in [1.807, 2.05) is 67.6 Å². The minimum atomic E-state index is -0.325. The van der Waals surface area contributed by atoms with E-state index in [2.05, 4.69) is 53.8 Å². The molecule has 0 spiro atoms. The fourth-order valence-corrected chi connectivity index (χ4v) is 7.01. The highest BCUT2D eigenvalue weighted by Crippen LogP contribution is 2.41. The Balaban J connectivity index is 0.944. The zero-order chi connectivity index (χ0) is 32.7. The number of piperidine rings is 1. The number of carbonyl (C=O) groups excluding carboxylic acids is 2. The fourth-order valence-electron chi connectivity index (χ4n) is 7.01. The summed E-state index contributed by atoms with van der Waals surface area (Å²) >= 11 is 0. The number of aryl methyl sites for hydroxylation is 1. The molecule has 4 heterocycles. The van der Waals surface area contributed by atoms with Gasteiger partial charge >= 0.3 is 12.1 Å². The van der Waals surface area contributed by atoms with Gasteiger partial charge in [0.1, 0.15) is 5.82 Å². The first-order valence-electron chi connectivity index (χ1n) is 16.4. The summed E-state index contributed by atoms with van der Waals surface area (Å²) in [5, 5.41) is 13.9. The second-order valence-corrected chi connectivity index (χ2v) is 14.0. The maximum absolute atomic E-state index is 13.3. The van der Waals surface area contributed by atoms with E-state index in [-0.39, 0.29) is 36.4 Å². The molecule has 0 radical (unpaired) electrons. The van der Waals surface area contributed by atoms with Gasteiger partial charge < -0.3 is 25.0 Å². The molecule has 2 fully saturated rings. The van der Waals surface area contributed by atoms with Gasteiger partial charge in [-0.15, -0.1) is 0 Å². The van der Waals surface area contributed by atoms with Crippen LogP contribution in [0.2, 0.25) is 0 Å². The Morgan fingerprint density at radius 1 is 0.830 bits per heavy atom. The van der Waals surface area contributed by atoms with Crippen molar-refractivity contribution in [3.63, 3.8) is 0 Å². The van der Waals surface area contributed by atoms with Crippen molar-refractivity contribution in [1.82, 2.24) is 14.7 Å². The molecule has 4 aromatic rings. The lowest BCUT2D eigenvalue weighted by molar-refractivity contribution is 0.131. The van der Waals surface area contributed by atoms with Crippen LogP contribution >= 0.6 is 0 Å². The zero-order valence-corrected chi connectivity index (χ0v) is 27.4. The Bertz CT molecular complexity index is 1760. The van der Waals surface area contributed by atoms with Crippen molar-refractivity contribution in [3.05, 3.63) is 89.6 Å². The summed E-state index contributed by atoms with van der Waals surface area (Å²) in [4.78, 5) is 28.4. The molecule has 2 saturated heterocycles. The van der Waals surface area contributed by atoms with E-state index in [4.69, 9.17) is 14.6 Å². The minimum absolute atomic E-state index is 0.0416. The molecule has 3 aliphatic heterocycles. The largest absolute Gasteiger partial charge is 0.454 e. The average molecular weight is 635 g/mol. The highest BCUT2D eigenvalue weighted by Gasteiger charge is 2.43. The molecule has 0 unspecified atom stereocenters. The molecule has 3 atom stereocenters. The van der Waals surface area contributed by atoms with E-state index in [1.54, 1.807) is 4.68 Å². The summed E-state index contributed by atoms with van der Waals surface area (Å²) in [6.07, 6.45) is 4.99. The van der Waals surface area contributed by atoms with E-state index >= 15 is 0 Å². The molecule has 47 heavy (non-hydrogen) atoms. The summed E-state index contributed by atoms with van der Waals surface area (Å²) in [6, 6.07) is 23.7. The number of rotatable bonds is 6. The first kappa shape index (κ1) is 30.7. The van der Waals surface area contributed by atoms with Crippen molar-refractivity contribution >= 4 is 29.3 Å². The third-order valence-corrected chi connectivity index (χ3v) is 9.42. The van der Waals surface area contributed by atoms with E-state index in [9.17, 15) is 9.59 Å². The molecule has 10 heteroatoms. The molecular formula is C37H42N6O4. The number of benzene rings is 3. The summed E-state index contributed by atoms with van der Waals surface area (Å²) in [7, 11) is 0. The smallest absolute Gasteiger partial charge is 0.324 e. The molecule has 10 nitrogen and oxygen atoms in total. The lowest BCUT2D eigenvalue weighted by Crippen LogP contribution is -2.48. The van der Waals surface area contributed by atoms with Gasteiger partial charge in [-0.25, -0.2) is 14.3 Å². The van der Waals surface area contributed by atoms with E-state index < -0.39 is 0 Å². The van der Waals surface area contributed by atoms with Crippen LogP contribution in [0.25, 0.3) is 5.69 Å². The molecule has 3 aromatic carbocycles. The third-order valence-electron chi connectivity index (χ3n) is 9.42. The van der Waals surface area contributed by atoms with Crippen LogP contribution in [0, 0.1) is 12.8 Å². The van der Waals surface area contributed by atoms with Crippen molar-refractivity contribution in [2.45, 2.75) is 77.3 Å². The third kappa shape index (κ3) is 6.63. The summed E-state index contributed by atoms with van der Waals surface area (Å²) < 4.78 is 12.6. The SMILES string of the molecule is Cc1ccc(-n2nc(C(C)(C)C)cc2NC(=O)Nc2ccc(C[C@@H]3C[C@H]4CC[C@@H](C3)N4C(=O)Nc3ccc4c(c3)OCO4)cc2)cc1. The molecular weight excluding hydrogens is 592 g/mol. The number of nitrogens with one attached hydrogen (secondary N) is 3. The van der Waals surface area contributed by atoms with Gasteiger partial charge in [-0.05, 0) is 86.9 Å². The van der Waals surface area contributed by atoms with Gasteiger partial charge in [-0.3, -0.25) is 5.32 Å². The van der Waals surface area contributed by atoms with Crippen LogP contribution in [0.15, 0.2) is 72.8 Å². The zero-order valence-electron chi connectivity index (χ0n) is 27.4. The van der Waals surface area contributed by atoms with E-state index in [0.717, 1.165) is 60.4 Å². The predicted molar refractivity (Wildman–Crippen MR) is 183 cm³/mol. The van der Waals surface area contributed by atoms with Crippen LogP contribution in [-0.2, 0) is 11.8 Å². The van der Waals surface area contributed by atoms with Gasteiger partial charge in [0.05, 0.1) is 11.4 Å². The van der Waals surface area contributed by atoms with Crippen molar-refractivity contribution in [2.24, 2.45) is 5.92 Å². The number of fused-ring (bicyclic) bond motifs is 3. The van der Waals surface area contributed by atoms with Crippen molar-refractivity contribution in [2.75, 3.05) is 22.7 Å². The molecule has 3 aliphatic rings. The standard InChI is InChI=1S/C37H42N6O4/c1-23-5-12-28(13-6-23)43-34(21-33(41-43)37(2,3)4)40-35(44)38-26-9-7-24(8-10-26)17-25-18-29-14-15-30(19-25)42(29)36(45)39-27-11-16-31-32(20-27)47-22-46-31/h5-13,16,20-21,25,29-30H,14-15,17-19,22H2,1-4H3,(H,39,45)(H2,38,40,44)/t25-,29-,30+. The Morgan fingerprint density at radius 2 is 1.51 bits per heavy atom. The molecule has 244 valence electrons. The second kappa shape index (κ2) is 12.3. The summed E-state index contributed by atoms with van der Waals surface area (Å²) in [5.41, 5.74) is 5.43. The van der Waals surface area contributed by atoms with Crippen molar-refractivity contribution in [1.29, 1.82) is 0 Å². The Hall–Kier alpha value is -4.99. The van der Waals surface area contributed by atoms with Crippen LogP contribution in [0.3, 0.4) is 0 Å². The molecule has 0 aliphatic carbocycles. The summed E-state index contributed by atoms with van der Waals surface area (Å²) in [5.74, 6) is 2.47. The maximum Gasteiger partial charge on any atom is 0.324 e. The van der Waals surface area contributed by atoms with E-state index in [1.165, 1.54) is 5.56 Å². The molecule has 4 amide bonds. The lowest BCUT2D eigenvalue weighted by Gasteiger charge is -2.39. The normalized spacial score (nSPS) is 19.8. The van der Waals surface area contributed by atoms with Gasteiger partial charge in [0.25, 0.3) is 0 Å². The van der Waals surface area contributed by atoms with Gasteiger partial charge in [0, 0.05) is 41.0 Å². The number of nitrogens with zero attached hydrogens (tertiary/aromatic N) is 3. The number of carbonyl (C=O) groups is 2. The number of amides is 4. The number of hydrogen-bond acceptors (Lipinski definition) is 5. The first-order valence-corrected chi connectivity index (χ1v) is 16.4. The highest BCUT2D eigenvalue weighted by atomic mass is 16.7. The van der Waals surface area contributed by atoms with Crippen LogP contribution in [-0.4, -0.2) is 45.6 Å². The molecule has 1 aromatic heterocycles. The van der Waals surface area contributed by atoms with Gasteiger partial charge in [-0.1, -0.05) is 50.6 Å². The van der Waals surface area contributed by atoms with Crippen LogP contribution in [0.5, 0.6) is 11.5 Å². The fraction of sp³-hybridized carbons (Fsp3) is 0.378. The Labute approximate surface area is 275 Å². The van der Waals surface area contributed by atoms with E-state index in [0.29, 0.717) is 23.2 Å². The van der Waals surface area contributed by atoms with Gasteiger partial charge in [0.15, 0.2) is 11.5 Å². The van der Waals surface area contributed by atoms with Crippen LogP contribution in [0.4, 0.5) is 26.8 Å². The minimum Gasteiger partial charge on any atom is -0.454 e. The molecule has 7 rings (SSSR count). The first-order chi connectivity index (χ1) is 22.6. The molecule has 0 saturated carbocycles. The second-order valence-electron chi connectivity index (χ2n) is 14.0. The van der Waals surface area contributed by atoms with Crippen molar-refractivity contribution in [3.8, 4) is 17.2 Å². The van der Waals surface area contributed by atoms with Gasteiger partial charge in [0.2, 0.25) is 6.79 Å². The number of anilines is 3. The van der Waals surface area contributed by atoms with Gasteiger partial charge in [-0.2, -0.15) is 5.10 Å². The molecule has 3 N–H and O–H groups in total. The highest BCUT2D eigenvalue weighted by molar-refractivity contribution is 5.99. The topological polar surface area (TPSA) is 110 Å². The number of hydrogen-bond donors (Lipinski definition) is 3. The number of aromatic nitrogens is 2. The summed E-state index contributed by atoms with van der Waals surface area (Å²) in [6.45, 7) is 8.57. The molecule has 2 bridgehead atoms. The predicted octanol–water partition coefficient (Wildman–Crippen LogP) is 7.87. The quantitative estimate of drug-likeness (QED) is 0.200.